The molecule has 3 aromatic rings. The van der Waals surface area contributed by atoms with E-state index in [4.69, 9.17) is 28.9 Å². The van der Waals surface area contributed by atoms with Crippen LogP contribution in [-0.4, -0.2) is 41.1 Å². The number of halogens is 1. The van der Waals surface area contributed by atoms with Crippen molar-refractivity contribution in [2.75, 3.05) is 13.7 Å². The summed E-state index contributed by atoms with van der Waals surface area (Å²) >= 11 is 6.18. The number of aromatic nitrogens is 4. The second-order valence-electron chi connectivity index (χ2n) is 5.94. The number of imidazole rings is 1. The van der Waals surface area contributed by atoms with E-state index in [1.807, 2.05) is 10.6 Å². The van der Waals surface area contributed by atoms with Gasteiger partial charge >= 0.3 is 0 Å². The maximum Gasteiger partial charge on any atom is 0.225 e. The van der Waals surface area contributed by atoms with Gasteiger partial charge in [-0.15, -0.1) is 0 Å². The molecule has 1 aliphatic rings. The highest BCUT2D eigenvalue weighted by Crippen LogP contribution is 2.31. The molecule has 0 amide bonds. The van der Waals surface area contributed by atoms with Crippen molar-refractivity contribution in [1.29, 1.82) is 0 Å². The summed E-state index contributed by atoms with van der Waals surface area (Å²) in [6.07, 6.45) is 4.79. The lowest BCUT2D eigenvalue weighted by Crippen LogP contribution is -2.17. The van der Waals surface area contributed by atoms with E-state index < -0.39 is 0 Å². The van der Waals surface area contributed by atoms with Gasteiger partial charge in [-0.3, -0.25) is 4.57 Å². The highest BCUT2D eigenvalue weighted by molar-refractivity contribution is 6.34. The standard InChI is InChI=1S/C17H16BClN4O2/c1-24-12-6-5-10(8-11(12)18)14-15-16(22-17(19)21-14)23(9-20-15)13-4-2-3-7-25-13/h5-6,8-9,13H,2-4,7H2,1H3. The van der Waals surface area contributed by atoms with Crippen LogP contribution in [0.25, 0.3) is 22.4 Å². The molecule has 2 aromatic heterocycles. The van der Waals surface area contributed by atoms with Crippen molar-refractivity contribution in [1.82, 2.24) is 19.5 Å². The topological polar surface area (TPSA) is 62.1 Å². The number of fused-ring (bicyclic) bond motifs is 1. The third-order valence-electron chi connectivity index (χ3n) is 4.36. The van der Waals surface area contributed by atoms with Crippen LogP contribution < -0.4 is 10.2 Å². The Balaban J connectivity index is 1.84. The third kappa shape index (κ3) is 2.98. The fourth-order valence-electron chi connectivity index (χ4n) is 3.13. The first-order valence-corrected chi connectivity index (χ1v) is 8.50. The van der Waals surface area contributed by atoms with E-state index in [1.165, 1.54) is 0 Å². The molecule has 1 aliphatic heterocycles. The van der Waals surface area contributed by atoms with Crippen LogP contribution in [0.4, 0.5) is 0 Å². The molecule has 126 valence electrons. The van der Waals surface area contributed by atoms with Gasteiger partial charge in [-0.1, -0.05) is 11.5 Å². The summed E-state index contributed by atoms with van der Waals surface area (Å²) in [6.45, 7) is 0.741. The van der Waals surface area contributed by atoms with E-state index in [0.29, 0.717) is 28.1 Å². The maximum absolute atomic E-state index is 6.18. The molecule has 1 unspecified atom stereocenters. The number of methoxy groups -OCH3 is 1. The van der Waals surface area contributed by atoms with E-state index in [-0.39, 0.29) is 11.5 Å². The molecular formula is C17H16BClN4O2. The van der Waals surface area contributed by atoms with Gasteiger partial charge in [0, 0.05) is 12.2 Å². The Labute approximate surface area is 151 Å². The summed E-state index contributed by atoms with van der Waals surface area (Å²) in [5.41, 5.74) is 3.30. The number of rotatable bonds is 3. The molecular weight excluding hydrogens is 338 g/mol. The first kappa shape index (κ1) is 16.4. The molecule has 0 N–H and O–H groups in total. The summed E-state index contributed by atoms with van der Waals surface area (Å²) in [4.78, 5) is 13.3. The first-order chi connectivity index (χ1) is 12.2. The Bertz CT molecular complexity index is 924. The van der Waals surface area contributed by atoms with Gasteiger partial charge in [0.25, 0.3) is 0 Å². The second kappa shape index (κ2) is 6.65. The number of benzene rings is 1. The summed E-state index contributed by atoms with van der Waals surface area (Å²) < 4.78 is 13.0. The maximum atomic E-state index is 6.18. The van der Waals surface area contributed by atoms with E-state index >= 15 is 0 Å². The Morgan fingerprint density at radius 1 is 1.32 bits per heavy atom. The lowest BCUT2D eigenvalue weighted by Gasteiger charge is -2.23. The molecule has 1 aromatic carbocycles. The Morgan fingerprint density at radius 3 is 2.92 bits per heavy atom. The zero-order valence-corrected chi connectivity index (χ0v) is 14.5. The summed E-state index contributed by atoms with van der Waals surface area (Å²) in [5.74, 6) is 0.612. The quantitative estimate of drug-likeness (QED) is 0.534. The van der Waals surface area contributed by atoms with Crippen LogP contribution in [0.2, 0.25) is 5.28 Å². The van der Waals surface area contributed by atoms with Crippen LogP contribution in [0, 0.1) is 0 Å². The van der Waals surface area contributed by atoms with Crippen molar-refractivity contribution in [2.24, 2.45) is 0 Å². The van der Waals surface area contributed by atoms with E-state index in [2.05, 4.69) is 15.0 Å². The molecule has 3 heterocycles. The monoisotopic (exact) mass is 354 g/mol. The molecule has 0 bridgehead atoms. The van der Waals surface area contributed by atoms with Gasteiger partial charge in [0.15, 0.2) is 5.65 Å². The summed E-state index contributed by atoms with van der Waals surface area (Å²) in [7, 11) is 7.61. The third-order valence-corrected chi connectivity index (χ3v) is 4.53. The average molecular weight is 355 g/mol. The van der Waals surface area contributed by atoms with Gasteiger partial charge in [-0.25, -0.2) is 9.97 Å². The Morgan fingerprint density at radius 2 is 2.20 bits per heavy atom. The van der Waals surface area contributed by atoms with Gasteiger partial charge in [0.2, 0.25) is 5.28 Å². The molecule has 0 aliphatic carbocycles. The highest BCUT2D eigenvalue weighted by atomic mass is 35.5. The van der Waals surface area contributed by atoms with E-state index in [0.717, 1.165) is 31.4 Å². The minimum Gasteiger partial charge on any atom is -0.497 e. The van der Waals surface area contributed by atoms with Crippen molar-refractivity contribution in [3.8, 4) is 17.0 Å². The van der Waals surface area contributed by atoms with Gasteiger partial charge in [-0.05, 0) is 43.0 Å². The van der Waals surface area contributed by atoms with Crippen LogP contribution >= 0.6 is 11.6 Å². The largest absolute Gasteiger partial charge is 0.497 e. The predicted molar refractivity (Wildman–Crippen MR) is 96.5 cm³/mol. The van der Waals surface area contributed by atoms with E-state index in [1.54, 1.807) is 25.6 Å². The predicted octanol–water partition coefficient (Wildman–Crippen LogP) is 2.65. The SMILES string of the molecule is [B]c1cc(-c2nc(Cl)nc3c2ncn3C2CCCCO2)ccc1OC. The lowest BCUT2D eigenvalue weighted by atomic mass is 9.92. The highest BCUT2D eigenvalue weighted by Gasteiger charge is 2.21. The number of hydrogen-bond donors (Lipinski definition) is 0. The summed E-state index contributed by atoms with van der Waals surface area (Å²) in [5, 5.41) is 0.162. The number of ether oxygens (including phenoxy) is 2. The number of hydrogen-bond acceptors (Lipinski definition) is 5. The molecule has 1 atom stereocenters. The smallest absolute Gasteiger partial charge is 0.225 e. The van der Waals surface area contributed by atoms with Crippen LogP contribution in [0.15, 0.2) is 24.5 Å². The van der Waals surface area contributed by atoms with Crippen molar-refractivity contribution in [3.05, 3.63) is 29.8 Å². The number of nitrogens with zero attached hydrogens (tertiary/aromatic N) is 4. The molecule has 4 rings (SSSR count). The van der Waals surface area contributed by atoms with Crippen LogP contribution in [0.1, 0.15) is 25.5 Å². The molecule has 1 saturated heterocycles. The fraction of sp³-hybridized carbons (Fsp3) is 0.353. The van der Waals surface area contributed by atoms with Crippen LogP contribution in [0.5, 0.6) is 5.75 Å². The Hall–Kier alpha value is -2.12. The van der Waals surface area contributed by atoms with Crippen molar-refractivity contribution >= 4 is 36.1 Å². The van der Waals surface area contributed by atoms with E-state index in [9.17, 15) is 0 Å². The lowest BCUT2D eigenvalue weighted by molar-refractivity contribution is -0.0298. The minimum absolute atomic E-state index is 0.0708. The van der Waals surface area contributed by atoms with Crippen molar-refractivity contribution < 1.29 is 9.47 Å². The fourth-order valence-corrected chi connectivity index (χ4v) is 3.29. The van der Waals surface area contributed by atoms with Gasteiger partial charge in [-0.2, -0.15) is 4.98 Å². The molecule has 6 nitrogen and oxygen atoms in total. The molecule has 0 saturated carbocycles. The summed E-state index contributed by atoms with van der Waals surface area (Å²) in [6, 6.07) is 5.48. The minimum atomic E-state index is -0.0708. The average Bonchev–Trinajstić information content (AvgIpc) is 3.05. The zero-order chi connectivity index (χ0) is 17.4. The Kier molecular flexibility index (Phi) is 4.35. The van der Waals surface area contributed by atoms with Crippen LogP contribution in [-0.2, 0) is 4.74 Å². The van der Waals surface area contributed by atoms with Crippen molar-refractivity contribution in [2.45, 2.75) is 25.5 Å². The second-order valence-corrected chi connectivity index (χ2v) is 6.28. The molecule has 0 spiro atoms. The van der Waals surface area contributed by atoms with Crippen molar-refractivity contribution in [3.63, 3.8) is 0 Å². The molecule has 2 radical (unpaired) electrons. The van der Waals surface area contributed by atoms with Gasteiger partial charge in [0.05, 0.1) is 13.4 Å². The molecule has 1 fully saturated rings. The first-order valence-electron chi connectivity index (χ1n) is 8.13. The van der Waals surface area contributed by atoms with Crippen LogP contribution in [0.3, 0.4) is 0 Å². The van der Waals surface area contributed by atoms with Gasteiger partial charge in [0.1, 0.15) is 31.0 Å². The molecule has 25 heavy (non-hydrogen) atoms. The van der Waals surface area contributed by atoms with Gasteiger partial charge < -0.3 is 9.47 Å². The normalized spacial score (nSPS) is 17.8. The molecule has 8 heteroatoms. The zero-order valence-electron chi connectivity index (χ0n) is 13.8.